The highest BCUT2D eigenvalue weighted by Gasteiger charge is 2.34. The van der Waals surface area contributed by atoms with Crippen LogP contribution in [0.3, 0.4) is 0 Å². The molecule has 0 radical (unpaired) electrons. The van der Waals surface area contributed by atoms with E-state index in [1.807, 2.05) is 13.8 Å². The zero-order chi connectivity index (χ0) is 13.8. The van der Waals surface area contributed by atoms with E-state index >= 15 is 0 Å². The SMILES string of the molecule is CCC(CC)(CN)NS(=O)(=O)N1CCC(C)CC1. The maximum absolute atomic E-state index is 12.3. The van der Waals surface area contributed by atoms with Crippen molar-refractivity contribution in [3.63, 3.8) is 0 Å². The normalized spacial score (nSPS) is 20.2. The Kier molecular flexibility index (Phi) is 5.58. The fraction of sp³-hybridized carbons (Fsp3) is 1.00. The van der Waals surface area contributed by atoms with Crippen molar-refractivity contribution in [2.45, 2.75) is 52.0 Å². The summed E-state index contributed by atoms with van der Waals surface area (Å²) < 4.78 is 29.1. The highest BCUT2D eigenvalue weighted by Crippen LogP contribution is 2.21. The van der Waals surface area contributed by atoms with Gasteiger partial charge in [0.2, 0.25) is 0 Å². The van der Waals surface area contributed by atoms with Crippen molar-refractivity contribution in [1.82, 2.24) is 9.03 Å². The summed E-state index contributed by atoms with van der Waals surface area (Å²) in [5.74, 6) is 0.619. The lowest BCUT2D eigenvalue weighted by Gasteiger charge is -2.36. The first kappa shape index (κ1) is 15.9. The maximum atomic E-state index is 12.3. The highest BCUT2D eigenvalue weighted by molar-refractivity contribution is 7.87. The third kappa shape index (κ3) is 3.66. The van der Waals surface area contributed by atoms with Gasteiger partial charge in [0, 0.05) is 25.2 Å². The first-order chi connectivity index (χ1) is 8.39. The van der Waals surface area contributed by atoms with Crippen LogP contribution in [0.4, 0.5) is 0 Å². The lowest BCUT2D eigenvalue weighted by molar-refractivity contribution is 0.273. The van der Waals surface area contributed by atoms with Crippen molar-refractivity contribution >= 4 is 10.2 Å². The van der Waals surface area contributed by atoms with Crippen LogP contribution in [0, 0.1) is 5.92 Å². The monoisotopic (exact) mass is 277 g/mol. The number of rotatable bonds is 6. The molecular weight excluding hydrogens is 250 g/mol. The molecule has 6 heteroatoms. The van der Waals surface area contributed by atoms with E-state index in [-0.39, 0.29) is 0 Å². The molecule has 5 nitrogen and oxygen atoms in total. The van der Waals surface area contributed by atoms with Gasteiger partial charge in [-0.25, -0.2) is 0 Å². The fourth-order valence-corrected chi connectivity index (χ4v) is 4.03. The van der Waals surface area contributed by atoms with Gasteiger partial charge in [-0.15, -0.1) is 0 Å². The lowest BCUT2D eigenvalue weighted by Crippen LogP contribution is -2.57. The van der Waals surface area contributed by atoms with Crippen molar-refractivity contribution < 1.29 is 8.42 Å². The molecule has 0 unspecified atom stereocenters. The van der Waals surface area contributed by atoms with Crippen LogP contribution in [-0.2, 0) is 10.2 Å². The standard InChI is InChI=1S/C12H27N3O2S/c1-4-12(5-2,10-13)14-18(16,17)15-8-6-11(3)7-9-15/h11,14H,4-10,13H2,1-3H3. The van der Waals surface area contributed by atoms with Crippen molar-refractivity contribution in [1.29, 1.82) is 0 Å². The molecule has 0 aliphatic carbocycles. The molecule has 1 saturated heterocycles. The second kappa shape index (κ2) is 6.32. The van der Waals surface area contributed by atoms with Crippen molar-refractivity contribution in [3.8, 4) is 0 Å². The van der Waals surface area contributed by atoms with Gasteiger partial charge in [0.15, 0.2) is 0 Å². The molecule has 1 rings (SSSR count). The third-order valence-corrected chi connectivity index (χ3v) is 5.91. The molecule has 0 aromatic rings. The Balaban J connectivity index is 2.75. The quantitative estimate of drug-likeness (QED) is 0.762. The average Bonchev–Trinajstić information content (AvgIpc) is 2.37. The maximum Gasteiger partial charge on any atom is 0.279 e. The minimum absolute atomic E-state index is 0.337. The molecule has 1 heterocycles. The summed E-state index contributed by atoms with van der Waals surface area (Å²) >= 11 is 0. The molecule has 0 aromatic heterocycles. The predicted molar refractivity (Wildman–Crippen MR) is 74.4 cm³/mol. The van der Waals surface area contributed by atoms with E-state index in [0.29, 0.717) is 38.4 Å². The van der Waals surface area contributed by atoms with E-state index in [0.717, 1.165) is 12.8 Å². The second-order valence-corrected chi connectivity index (χ2v) is 7.05. The van der Waals surface area contributed by atoms with E-state index in [1.165, 1.54) is 0 Å². The topological polar surface area (TPSA) is 75.4 Å². The molecule has 0 bridgehead atoms. The molecule has 1 fully saturated rings. The van der Waals surface area contributed by atoms with Gasteiger partial charge < -0.3 is 5.73 Å². The molecule has 18 heavy (non-hydrogen) atoms. The van der Waals surface area contributed by atoms with Crippen LogP contribution < -0.4 is 10.5 Å². The Morgan fingerprint density at radius 2 is 1.78 bits per heavy atom. The van der Waals surface area contributed by atoms with Crippen molar-refractivity contribution in [3.05, 3.63) is 0 Å². The molecule has 1 aliphatic heterocycles. The van der Waals surface area contributed by atoms with Crippen LogP contribution in [0.25, 0.3) is 0 Å². The molecule has 3 N–H and O–H groups in total. The van der Waals surface area contributed by atoms with E-state index in [1.54, 1.807) is 4.31 Å². The number of piperidine rings is 1. The van der Waals surface area contributed by atoms with Crippen LogP contribution in [0.15, 0.2) is 0 Å². The number of nitrogens with two attached hydrogens (primary N) is 1. The summed E-state index contributed by atoms with van der Waals surface area (Å²) in [6, 6.07) is 0. The van der Waals surface area contributed by atoms with Gasteiger partial charge in [-0.2, -0.15) is 17.4 Å². The van der Waals surface area contributed by atoms with Crippen LogP contribution in [-0.4, -0.2) is 37.9 Å². The number of nitrogens with one attached hydrogen (secondary N) is 1. The Hall–Kier alpha value is -0.170. The summed E-state index contributed by atoms with van der Waals surface area (Å²) in [6.45, 7) is 7.67. The second-order valence-electron chi connectivity index (χ2n) is 5.38. The molecule has 0 atom stereocenters. The van der Waals surface area contributed by atoms with Gasteiger partial charge >= 0.3 is 0 Å². The van der Waals surface area contributed by atoms with E-state index in [4.69, 9.17) is 5.73 Å². The highest BCUT2D eigenvalue weighted by atomic mass is 32.2. The van der Waals surface area contributed by atoms with E-state index in [9.17, 15) is 8.42 Å². The Morgan fingerprint density at radius 1 is 1.28 bits per heavy atom. The van der Waals surface area contributed by atoms with Crippen LogP contribution in [0.1, 0.15) is 46.5 Å². The molecule has 0 aromatic carbocycles. The van der Waals surface area contributed by atoms with Gasteiger partial charge in [-0.05, 0) is 31.6 Å². The summed E-state index contributed by atoms with van der Waals surface area (Å²) in [5, 5.41) is 0. The number of hydrogen-bond acceptors (Lipinski definition) is 3. The minimum Gasteiger partial charge on any atom is -0.329 e. The molecule has 0 spiro atoms. The fourth-order valence-electron chi connectivity index (χ4n) is 2.29. The molecule has 108 valence electrons. The summed E-state index contributed by atoms with van der Waals surface area (Å²) in [5.41, 5.74) is 5.24. The van der Waals surface area contributed by atoms with Gasteiger partial charge in [0.25, 0.3) is 10.2 Å². The zero-order valence-corrected chi connectivity index (χ0v) is 12.6. The summed E-state index contributed by atoms with van der Waals surface area (Å²) in [4.78, 5) is 0. The molecule has 0 amide bonds. The Labute approximate surface area is 111 Å². The van der Waals surface area contributed by atoms with E-state index in [2.05, 4.69) is 11.6 Å². The molecular formula is C12H27N3O2S. The molecule has 0 saturated carbocycles. The Morgan fingerprint density at radius 3 is 2.17 bits per heavy atom. The van der Waals surface area contributed by atoms with Crippen molar-refractivity contribution in [2.24, 2.45) is 11.7 Å². The predicted octanol–water partition coefficient (Wildman–Crippen LogP) is 1.07. The van der Waals surface area contributed by atoms with Gasteiger partial charge in [-0.3, -0.25) is 0 Å². The lowest BCUT2D eigenvalue weighted by atomic mass is 9.95. The van der Waals surface area contributed by atoms with Crippen LogP contribution in [0.2, 0.25) is 0 Å². The third-order valence-electron chi connectivity index (χ3n) is 4.17. The van der Waals surface area contributed by atoms with Gasteiger partial charge in [0.05, 0.1) is 0 Å². The number of hydrogen-bond donors (Lipinski definition) is 2. The average molecular weight is 277 g/mol. The molecule has 1 aliphatic rings. The minimum atomic E-state index is -3.40. The van der Waals surface area contributed by atoms with Gasteiger partial charge in [0.1, 0.15) is 0 Å². The van der Waals surface area contributed by atoms with Crippen LogP contribution >= 0.6 is 0 Å². The van der Waals surface area contributed by atoms with Gasteiger partial charge in [-0.1, -0.05) is 20.8 Å². The Bertz CT molecular complexity index is 336. The number of nitrogens with zero attached hydrogens (tertiary/aromatic N) is 1. The first-order valence-electron chi connectivity index (χ1n) is 6.88. The smallest absolute Gasteiger partial charge is 0.279 e. The van der Waals surface area contributed by atoms with Crippen molar-refractivity contribution in [2.75, 3.05) is 19.6 Å². The van der Waals surface area contributed by atoms with E-state index < -0.39 is 15.7 Å². The van der Waals surface area contributed by atoms with Crippen LogP contribution in [0.5, 0.6) is 0 Å². The summed E-state index contributed by atoms with van der Waals surface area (Å²) in [7, 11) is -3.40. The first-order valence-corrected chi connectivity index (χ1v) is 8.32. The largest absolute Gasteiger partial charge is 0.329 e. The summed E-state index contributed by atoms with van der Waals surface area (Å²) in [6.07, 6.45) is 3.30. The zero-order valence-electron chi connectivity index (χ0n) is 11.8.